The molecule has 1 aromatic rings. The molecule has 4 nitrogen and oxygen atoms in total. The van der Waals surface area contributed by atoms with Gasteiger partial charge in [0.2, 0.25) is 5.91 Å². The number of nitrogens with one attached hydrogen (secondary N) is 2. The molecule has 1 amide bonds. The number of carbonyl (C=O) groups excluding carboxylic acids is 1. The Morgan fingerprint density at radius 1 is 1.42 bits per heavy atom. The van der Waals surface area contributed by atoms with Gasteiger partial charge in [-0.05, 0) is 18.6 Å². The van der Waals surface area contributed by atoms with Gasteiger partial charge in [-0.2, -0.15) is 0 Å². The molecule has 19 heavy (non-hydrogen) atoms. The fraction of sp³-hybridized carbons (Fsp3) is 0.500. The van der Waals surface area contributed by atoms with Crippen molar-refractivity contribution in [2.75, 3.05) is 32.7 Å². The van der Waals surface area contributed by atoms with Crippen LogP contribution in [0, 0.1) is 0 Å². The SMILES string of the molecule is CC(NC(=O)CN1CCNCC1)c1ccccc1Cl. The second-order valence-electron chi connectivity index (χ2n) is 4.84. The van der Waals surface area contributed by atoms with Crippen molar-refractivity contribution in [3.05, 3.63) is 34.9 Å². The highest BCUT2D eigenvalue weighted by atomic mass is 35.5. The van der Waals surface area contributed by atoms with Crippen molar-refractivity contribution in [3.8, 4) is 0 Å². The van der Waals surface area contributed by atoms with E-state index >= 15 is 0 Å². The van der Waals surface area contributed by atoms with Crippen LogP contribution in [0.4, 0.5) is 0 Å². The van der Waals surface area contributed by atoms with E-state index in [0.29, 0.717) is 11.6 Å². The summed E-state index contributed by atoms with van der Waals surface area (Å²) in [5.74, 6) is 0.0503. The smallest absolute Gasteiger partial charge is 0.234 e. The molecule has 2 N–H and O–H groups in total. The monoisotopic (exact) mass is 281 g/mol. The first-order valence-electron chi connectivity index (χ1n) is 6.63. The average Bonchev–Trinajstić information content (AvgIpc) is 2.40. The van der Waals surface area contributed by atoms with Gasteiger partial charge in [0.05, 0.1) is 12.6 Å². The summed E-state index contributed by atoms with van der Waals surface area (Å²) in [6.07, 6.45) is 0. The zero-order valence-corrected chi connectivity index (χ0v) is 11.9. The van der Waals surface area contributed by atoms with Crippen LogP contribution in [-0.2, 0) is 4.79 Å². The Hall–Kier alpha value is -1.10. The molecule has 1 aliphatic rings. The van der Waals surface area contributed by atoms with Crippen LogP contribution in [0.3, 0.4) is 0 Å². The molecule has 0 aromatic heterocycles. The quantitative estimate of drug-likeness (QED) is 0.877. The third-order valence-corrected chi connectivity index (χ3v) is 3.67. The van der Waals surface area contributed by atoms with Crippen LogP contribution in [0.15, 0.2) is 24.3 Å². The van der Waals surface area contributed by atoms with Crippen LogP contribution in [0.5, 0.6) is 0 Å². The molecule has 1 saturated heterocycles. The van der Waals surface area contributed by atoms with Crippen LogP contribution in [0.2, 0.25) is 5.02 Å². The first kappa shape index (κ1) is 14.3. The average molecular weight is 282 g/mol. The minimum atomic E-state index is -0.0656. The van der Waals surface area contributed by atoms with Crippen LogP contribution in [0.25, 0.3) is 0 Å². The summed E-state index contributed by atoms with van der Waals surface area (Å²) in [6, 6.07) is 7.54. The Labute approximate surface area is 119 Å². The second kappa shape index (κ2) is 6.89. The van der Waals surface area contributed by atoms with Gasteiger partial charge in [-0.25, -0.2) is 0 Å². The Morgan fingerprint density at radius 2 is 2.11 bits per heavy atom. The summed E-state index contributed by atoms with van der Waals surface area (Å²) in [7, 11) is 0. The maximum Gasteiger partial charge on any atom is 0.234 e. The van der Waals surface area contributed by atoms with Crippen molar-refractivity contribution >= 4 is 17.5 Å². The Kier molecular flexibility index (Phi) is 5.19. The van der Waals surface area contributed by atoms with Crippen LogP contribution in [-0.4, -0.2) is 43.5 Å². The molecular weight excluding hydrogens is 262 g/mol. The number of hydrogen-bond acceptors (Lipinski definition) is 3. The Balaban J connectivity index is 1.86. The molecule has 0 spiro atoms. The standard InChI is InChI=1S/C14H20ClN3O/c1-11(12-4-2-3-5-13(12)15)17-14(19)10-18-8-6-16-7-9-18/h2-5,11,16H,6-10H2,1H3,(H,17,19). The van der Waals surface area contributed by atoms with Crippen LogP contribution < -0.4 is 10.6 Å². The van der Waals surface area contributed by atoms with E-state index in [4.69, 9.17) is 11.6 Å². The van der Waals surface area contributed by atoms with E-state index in [1.54, 1.807) is 0 Å². The highest BCUT2D eigenvalue weighted by Gasteiger charge is 2.16. The molecular formula is C14H20ClN3O. The molecule has 0 saturated carbocycles. The first-order chi connectivity index (χ1) is 9.16. The molecule has 0 radical (unpaired) electrons. The van der Waals surface area contributed by atoms with Crippen molar-refractivity contribution in [1.29, 1.82) is 0 Å². The van der Waals surface area contributed by atoms with Crippen LogP contribution >= 0.6 is 11.6 Å². The zero-order valence-electron chi connectivity index (χ0n) is 11.2. The van der Waals surface area contributed by atoms with Gasteiger partial charge in [0, 0.05) is 31.2 Å². The van der Waals surface area contributed by atoms with Gasteiger partial charge in [-0.1, -0.05) is 29.8 Å². The van der Waals surface area contributed by atoms with E-state index < -0.39 is 0 Å². The predicted molar refractivity (Wildman–Crippen MR) is 77.3 cm³/mol. The molecule has 0 bridgehead atoms. The molecule has 1 fully saturated rings. The number of rotatable bonds is 4. The summed E-state index contributed by atoms with van der Waals surface area (Å²) >= 11 is 6.12. The predicted octanol–water partition coefficient (Wildman–Crippen LogP) is 1.42. The third kappa shape index (κ3) is 4.20. The van der Waals surface area contributed by atoms with Gasteiger partial charge in [0.25, 0.3) is 0 Å². The van der Waals surface area contributed by atoms with Crippen molar-refractivity contribution in [2.24, 2.45) is 0 Å². The molecule has 1 aliphatic heterocycles. The van der Waals surface area contributed by atoms with Gasteiger partial charge in [0.1, 0.15) is 0 Å². The summed E-state index contributed by atoms with van der Waals surface area (Å²) in [5, 5.41) is 6.96. The summed E-state index contributed by atoms with van der Waals surface area (Å²) in [5.41, 5.74) is 0.956. The number of carbonyl (C=O) groups is 1. The molecule has 1 aromatic carbocycles. The van der Waals surface area contributed by atoms with Gasteiger partial charge in [-0.3, -0.25) is 9.69 Å². The lowest BCUT2D eigenvalue weighted by Crippen LogP contribution is -2.47. The van der Waals surface area contributed by atoms with Crippen molar-refractivity contribution < 1.29 is 4.79 Å². The van der Waals surface area contributed by atoms with E-state index in [1.807, 2.05) is 31.2 Å². The second-order valence-corrected chi connectivity index (χ2v) is 5.24. The molecule has 1 atom stereocenters. The summed E-state index contributed by atoms with van der Waals surface area (Å²) in [4.78, 5) is 14.1. The number of amides is 1. The maximum atomic E-state index is 12.0. The number of nitrogens with zero attached hydrogens (tertiary/aromatic N) is 1. The summed E-state index contributed by atoms with van der Waals surface area (Å²) in [6.45, 7) is 6.16. The number of piperazine rings is 1. The van der Waals surface area contributed by atoms with Crippen molar-refractivity contribution in [3.63, 3.8) is 0 Å². The lowest BCUT2D eigenvalue weighted by molar-refractivity contribution is -0.123. The van der Waals surface area contributed by atoms with E-state index in [9.17, 15) is 4.79 Å². The normalized spacial score (nSPS) is 18.0. The number of hydrogen-bond donors (Lipinski definition) is 2. The highest BCUT2D eigenvalue weighted by Crippen LogP contribution is 2.21. The fourth-order valence-corrected chi connectivity index (χ4v) is 2.56. The van der Waals surface area contributed by atoms with Gasteiger partial charge >= 0.3 is 0 Å². The van der Waals surface area contributed by atoms with Gasteiger partial charge in [-0.15, -0.1) is 0 Å². The maximum absolute atomic E-state index is 12.0. The number of halogens is 1. The van der Waals surface area contributed by atoms with Crippen molar-refractivity contribution in [2.45, 2.75) is 13.0 Å². The molecule has 5 heteroatoms. The fourth-order valence-electron chi connectivity index (χ4n) is 2.26. The van der Waals surface area contributed by atoms with Gasteiger partial charge < -0.3 is 10.6 Å². The van der Waals surface area contributed by atoms with E-state index in [1.165, 1.54) is 0 Å². The van der Waals surface area contributed by atoms with E-state index in [0.717, 1.165) is 31.7 Å². The molecule has 1 unspecified atom stereocenters. The zero-order chi connectivity index (χ0) is 13.7. The van der Waals surface area contributed by atoms with E-state index in [-0.39, 0.29) is 11.9 Å². The van der Waals surface area contributed by atoms with Gasteiger partial charge in [0.15, 0.2) is 0 Å². The summed E-state index contributed by atoms with van der Waals surface area (Å²) < 4.78 is 0. The third-order valence-electron chi connectivity index (χ3n) is 3.33. The van der Waals surface area contributed by atoms with E-state index in [2.05, 4.69) is 15.5 Å². The Morgan fingerprint density at radius 3 is 2.79 bits per heavy atom. The minimum Gasteiger partial charge on any atom is -0.348 e. The molecule has 0 aliphatic carbocycles. The Bertz CT molecular complexity index is 432. The largest absolute Gasteiger partial charge is 0.348 e. The topological polar surface area (TPSA) is 44.4 Å². The lowest BCUT2D eigenvalue weighted by atomic mass is 10.1. The highest BCUT2D eigenvalue weighted by molar-refractivity contribution is 6.31. The molecule has 104 valence electrons. The number of benzene rings is 1. The first-order valence-corrected chi connectivity index (χ1v) is 7.01. The minimum absolute atomic E-state index is 0.0503. The molecule has 2 rings (SSSR count). The molecule has 1 heterocycles. The lowest BCUT2D eigenvalue weighted by Gasteiger charge is -2.27. The van der Waals surface area contributed by atoms with Crippen molar-refractivity contribution in [1.82, 2.24) is 15.5 Å². The van der Waals surface area contributed by atoms with Crippen LogP contribution in [0.1, 0.15) is 18.5 Å².